The molecule has 3 atom stereocenters. The Kier molecular flexibility index (Phi) is 14.0. The van der Waals surface area contributed by atoms with Gasteiger partial charge >= 0.3 is 24.4 Å². The van der Waals surface area contributed by atoms with E-state index in [9.17, 15) is 24.3 Å². The van der Waals surface area contributed by atoms with Crippen LogP contribution in [-0.4, -0.2) is 61.0 Å². The fraction of sp³-hybridized carbons (Fsp3) is 0.615. The van der Waals surface area contributed by atoms with Crippen LogP contribution in [0.3, 0.4) is 0 Å². The van der Waals surface area contributed by atoms with Crippen molar-refractivity contribution in [2.75, 3.05) is 13.2 Å². The second-order valence-corrected chi connectivity index (χ2v) is 9.23. The molecule has 0 aliphatic rings. The molecule has 0 saturated heterocycles. The molecule has 0 bridgehead atoms. The lowest BCUT2D eigenvalue weighted by atomic mass is 9.82. The fourth-order valence-electron chi connectivity index (χ4n) is 3.40. The van der Waals surface area contributed by atoms with Crippen molar-refractivity contribution in [1.29, 1.82) is 0 Å². The molecule has 38 heavy (non-hydrogen) atoms. The maximum atomic E-state index is 12.2. The quantitative estimate of drug-likeness (QED) is 0.140. The molecule has 0 radical (unpaired) electrons. The highest BCUT2D eigenvalue weighted by Crippen LogP contribution is 2.36. The van der Waals surface area contributed by atoms with E-state index in [1.54, 1.807) is 34.6 Å². The van der Waals surface area contributed by atoms with Crippen LogP contribution in [-0.2, 0) is 23.7 Å². The SMILES string of the molecule is CCCCCOC(=O)OCC(C)C(c1ccc(OC(=O)OC(C)C)c(OC(=O)OC(C)C)c1)[C@H](N)C(=O)O. The molecule has 0 aromatic heterocycles. The molecule has 0 heterocycles. The fourth-order valence-corrected chi connectivity index (χ4v) is 3.40. The molecule has 0 spiro atoms. The number of carboxylic acid groups (broad SMARTS) is 1. The Morgan fingerprint density at radius 2 is 1.42 bits per heavy atom. The lowest BCUT2D eigenvalue weighted by Crippen LogP contribution is -2.40. The Morgan fingerprint density at radius 1 is 0.842 bits per heavy atom. The van der Waals surface area contributed by atoms with Crippen LogP contribution in [0.15, 0.2) is 18.2 Å². The third-order valence-electron chi connectivity index (χ3n) is 5.12. The maximum absolute atomic E-state index is 12.2. The van der Waals surface area contributed by atoms with E-state index in [4.69, 9.17) is 34.2 Å². The number of carbonyl (C=O) groups is 4. The van der Waals surface area contributed by atoms with E-state index in [0.717, 1.165) is 12.8 Å². The Morgan fingerprint density at radius 3 is 1.95 bits per heavy atom. The first-order valence-corrected chi connectivity index (χ1v) is 12.5. The third kappa shape index (κ3) is 11.7. The minimum Gasteiger partial charge on any atom is -0.480 e. The van der Waals surface area contributed by atoms with Gasteiger partial charge in [-0.1, -0.05) is 32.8 Å². The molecule has 1 rings (SSSR count). The lowest BCUT2D eigenvalue weighted by molar-refractivity contribution is -0.139. The maximum Gasteiger partial charge on any atom is 0.514 e. The first-order chi connectivity index (χ1) is 17.8. The van der Waals surface area contributed by atoms with E-state index in [1.165, 1.54) is 18.2 Å². The van der Waals surface area contributed by atoms with E-state index < -0.39 is 54.5 Å². The van der Waals surface area contributed by atoms with Gasteiger partial charge < -0.3 is 39.3 Å². The highest BCUT2D eigenvalue weighted by molar-refractivity contribution is 5.75. The summed E-state index contributed by atoms with van der Waals surface area (Å²) >= 11 is 0. The number of unbranched alkanes of at least 4 members (excludes halogenated alkanes) is 2. The number of nitrogens with two attached hydrogens (primary N) is 1. The summed E-state index contributed by atoms with van der Waals surface area (Å²) in [4.78, 5) is 48.0. The molecule has 1 aromatic rings. The Balaban J connectivity index is 3.23. The van der Waals surface area contributed by atoms with Crippen LogP contribution in [0.25, 0.3) is 0 Å². The van der Waals surface area contributed by atoms with Gasteiger partial charge in [-0.15, -0.1) is 0 Å². The average molecular weight is 542 g/mol. The van der Waals surface area contributed by atoms with Gasteiger partial charge in [-0.3, -0.25) is 4.79 Å². The van der Waals surface area contributed by atoms with Crippen LogP contribution >= 0.6 is 0 Å². The van der Waals surface area contributed by atoms with Crippen LogP contribution in [0.4, 0.5) is 14.4 Å². The van der Waals surface area contributed by atoms with Crippen molar-refractivity contribution in [3.63, 3.8) is 0 Å². The summed E-state index contributed by atoms with van der Waals surface area (Å²) in [5, 5.41) is 9.63. The summed E-state index contributed by atoms with van der Waals surface area (Å²) in [6.45, 7) is 10.2. The second-order valence-electron chi connectivity index (χ2n) is 9.23. The van der Waals surface area contributed by atoms with Crippen molar-refractivity contribution in [3.05, 3.63) is 23.8 Å². The standard InChI is InChI=1S/C26H39NO11/c1-7-8-9-12-33-24(30)34-14-17(6)21(22(27)23(28)29)18-10-11-19(37-25(31)35-15(2)3)20(13-18)38-26(32)36-16(4)5/h10-11,13,15-17,21-22H,7-9,12,14,27H2,1-6H3,(H,28,29)/t17?,21?,22-/m0/s1. The predicted octanol–water partition coefficient (Wildman–Crippen LogP) is 5.01. The lowest BCUT2D eigenvalue weighted by Gasteiger charge is -2.28. The molecular weight excluding hydrogens is 502 g/mol. The zero-order valence-electron chi connectivity index (χ0n) is 22.8. The molecule has 12 heteroatoms. The first-order valence-electron chi connectivity index (χ1n) is 12.5. The van der Waals surface area contributed by atoms with Crippen molar-refractivity contribution in [3.8, 4) is 11.5 Å². The van der Waals surface area contributed by atoms with E-state index in [0.29, 0.717) is 12.0 Å². The summed E-state index contributed by atoms with van der Waals surface area (Å²) < 4.78 is 30.6. The van der Waals surface area contributed by atoms with Gasteiger partial charge in [0, 0.05) is 5.92 Å². The third-order valence-corrected chi connectivity index (χ3v) is 5.12. The van der Waals surface area contributed by atoms with Crippen molar-refractivity contribution in [2.24, 2.45) is 11.7 Å². The Labute approximate surface area is 222 Å². The molecule has 12 nitrogen and oxygen atoms in total. The van der Waals surface area contributed by atoms with Gasteiger partial charge in [0.25, 0.3) is 0 Å². The largest absolute Gasteiger partial charge is 0.514 e. The normalized spacial score (nSPS) is 13.3. The van der Waals surface area contributed by atoms with Crippen molar-refractivity contribution in [2.45, 2.75) is 85.0 Å². The smallest absolute Gasteiger partial charge is 0.480 e. The van der Waals surface area contributed by atoms with Gasteiger partial charge in [0.15, 0.2) is 11.5 Å². The number of benzene rings is 1. The van der Waals surface area contributed by atoms with Crippen LogP contribution in [0, 0.1) is 5.92 Å². The molecule has 0 aliphatic heterocycles. The van der Waals surface area contributed by atoms with E-state index in [2.05, 4.69) is 0 Å². The molecule has 1 aromatic carbocycles. The minimum atomic E-state index is -1.41. The van der Waals surface area contributed by atoms with Crippen LogP contribution in [0.1, 0.15) is 72.3 Å². The van der Waals surface area contributed by atoms with Crippen LogP contribution in [0.5, 0.6) is 11.5 Å². The summed E-state index contributed by atoms with van der Waals surface area (Å²) in [6, 6.07) is 2.67. The van der Waals surface area contributed by atoms with Crippen LogP contribution < -0.4 is 15.2 Å². The Bertz CT molecular complexity index is 932. The van der Waals surface area contributed by atoms with E-state index in [1.807, 2.05) is 6.92 Å². The van der Waals surface area contributed by atoms with E-state index >= 15 is 0 Å². The molecule has 214 valence electrons. The predicted molar refractivity (Wildman–Crippen MR) is 135 cm³/mol. The molecule has 0 aliphatic carbocycles. The number of hydrogen-bond donors (Lipinski definition) is 2. The van der Waals surface area contributed by atoms with Gasteiger partial charge in [0.1, 0.15) is 6.04 Å². The summed E-state index contributed by atoms with van der Waals surface area (Å²) in [7, 11) is 0. The number of carbonyl (C=O) groups excluding carboxylic acids is 3. The second kappa shape index (κ2) is 16.3. The van der Waals surface area contributed by atoms with Gasteiger partial charge in [-0.2, -0.15) is 0 Å². The average Bonchev–Trinajstić information content (AvgIpc) is 2.81. The van der Waals surface area contributed by atoms with Crippen molar-refractivity contribution in [1.82, 2.24) is 0 Å². The topological polar surface area (TPSA) is 170 Å². The van der Waals surface area contributed by atoms with Gasteiger partial charge in [0.2, 0.25) is 0 Å². The number of hydrogen-bond acceptors (Lipinski definition) is 11. The molecule has 0 amide bonds. The minimum absolute atomic E-state index is 0.165. The zero-order chi connectivity index (χ0) is 28.8. The monoisotopic (exact) mass is 541 g/mol. The number of aliphatic carboxylic acids is 1. The Hall–Kier alpha value is -3.54. The van der Waals surface area contributed by atoms with Gasteiger partial charge in [-0.25, -0.2) is 14.4 Å². The number of carboxylic acids is 1. The zero-order valence-corrected chi connectivity index (χ0v) is 22.8. The molecule has 2 unspecified atom stereocenters. The molecule has 0 saturated carbocycles. The first kappa shape index (κ1) is 32.5. The van der Waals surface area contributed by atoms with Crippen molar-refractivity contribution < 1.29 is 52.7 Å². The van der Waals surface area contributed by atoms with Gasteiger partial charge in [0.05, 0.1) is 25.4 Å². The number of rotatable bonds is 14. The van der Waals surface area contributed by atoms with Gasteiger partial charge in [-0.05, 0) is 57.7 Å². The van der Waals surface area contributed by atoms with E-state index in [-0.39, 0.29) is 24.7 Å². The van der Waals surface area contributed by atoms with Crippen LogP contribution in [0.2, 0.25) is 0 Å². The number of ether oxygens (including phenoxy) is 6. The summed E-state index contributed by atoms with van der Waals surface area (Å²) in [5.41, 5.74) is 6.32. The highest BCUT2D eigenvalue weighted by Gasteiger charge is 2.33. The molecule has 0 fully saturated rings. The van der Waals surface area contributed by atoms with Crippen molar-refractivity contribution >= 4 is 24.4 Å². The highest BCUT2D eigenvalue weighted by atomic mass is 16.8. The summed E-state index contributed by atoms with van der Waals surface area (Å²) in [6.07, 6.45) is -1.36. The molecular formula is C26H39NO11. The molecule has 3 N–H and O–H groups in total. The summed E-state index contributed by atoms with van der Waals surface area (Å²) in [5.74, 6) is -3.19.